The Morgan fingerprint density at radius 2 is 1.56 bits per heavy atom. The lowest BCUT2D eigenvalue weighted by Crippen LogP contribution is -2.54. The fraction of sp³-hybridized carbons (Fsp3) is 0.543. The Morgan fingerprint density at radius 3 is 2.10 bits per heavy atom. The van der Waals surface area contributed by atoms with E-state index in [2.05, 4.69) is 98.6 Å². The van der Waals surface area contributed by atoms with E-state index in [0.29, 0.717) is 25.6 Å². The molecule has 0 saturated carbocycles. The molecule has 6 nitrogen and oxygen atoms in total. The third-order valence-electron chi connectivity index (χ3n) is 7.42. The lowest BCUT2D eigenvalue weighted by molar-refractivity contribution is -0.135. The summed E-state index contributed by atoms with van der Waals surface area (Å²) in [5.41, 5.74) is 4.61. The number of allylic oxidation sites excluding steroid dienone is 1. The number of alkyl carbamates (subject to hydrolysis) is 1. The molecule has 0 aliphatic carbocycles. The molecule has 224 valence electrons. The van der Waals surface area contributed by atoms with Crippen LogP contribution in [0.5, 0.6) is 0 Å². The number of aryl methyl sites for hydroxylation is 2. The van der Waals surface area contributed by atoms with Gasteiger partial charge in [-0.1, -0.05) is 68.0 Å². The highest BCUT2D eigenvalue weighted by Gasteiger charge is 2.32. The van der Waals surface area contributed by atoms with Crippen LogP contribution in [-0.4, -0.2) is 54.2 Å². The molecule has 1 unspecified atom stereocenters. The van der Waals surface area contributed by atoms with Crippen molar-refractivity contribution in [1.29, 1.82) is 0 Å². The van der Waals surface area contributed by atoms with E-state index in [9.17, 15) is 9.59 Å². The van der Waals surface area contributed by atoms with Crippen LogP contribution < -0.4 is 10.2 Å². The molecule has 0 bridgehead atoms. The second-order valence-electron chi connectivity index (χ2n) is 13.0. The average molecular weight is 562 g/mol. The summed E-state index contributed by atoms with van der Waals surface area (Å²) in [6.07, 6.45) is 6.16. The van der Waals surface area contributed by atoms with Gasteiger partial charge in [0.15, 0.2) is 0 Å². The first-order chi connectivity index (χ1) is 19.4. The Bertz CT molecular complexity index is 1120. The van der Waals surface area contributed by atoms with Crippen LogP contribution in [0.4, 0.5) is 10.5 Å². The number of likely N-dealkylation sites (tertiary alicyclic amines) is 1. The number of carbonyl (C=O) groups excluding carboxylic acids is 2. The highest BCUT2D eigenvalue weighted by molar-refractivity contribution is 5.86. The number of ether oxygens (including phenoxy) is 1. The molecular formula is C35H51N3O3. The molecule has 3 rings (SSSR count). The van der Waals surface area contributed by atoms with Crippen LogP contribution in [-0.2, 0) is 22.4 Å². The van der Waals surface area contributed by atoms with Gasteiger partial charge in [-0.25, -0.2) is 4.79 Å². The van der Waals surface area contributed by atoms with Gasteiger partial charge < -0.3 is 19.9 Å². The molecule has 1 aliphatic rings. The summed E-state index contributed by atoms with van der Waals surface area (Å²) in [6, 6.07) is 19.4. The monoisotopic (exact) mass is 561 g/mol. The van der Waals surface area contributed by atoms with Crippen molar-refractivity contribution in [1.82, 2.24) is 10.2 Å². The van der Waals surface area contributed by atoms with E-state index in [-0.39, 0.29) is 11.8 Å². The van der Waals surface area contributed by atoms with Crippen molar-refractivity contribution in [2.24, 2.45) is 5.92 Å². The van der Waals surface area contributed by atoms with Gasteiger partial charge in [0.2, 0.25) is 5.91 Å². The number of nitrogens with one attached hydrogen (secondary N) is 1. The van der Waals surface area contributed by atoms with E-state index in [1.54, 1.807) is 0 Å². The first-order valence-electron chi connectivity index (χ1n) is 15.2. The van der Waals surface area contributed by atoms with Crippen LogP contribution in [0.15, 0.2) is 66.2 Å². The predicted octanol–water partition coefficient (Wildman–Crippen LogP) is 7.17. The lowest BCUT2D eigenvalue weighted by atomic mass is 9.98. The summed E-state index contributed by atoms with van der Waals surface area (Å²) in [7, 11) is 0. The SMILES string of the molecule is CC(C)=CCN(c1ccc(CCc2ccccc2)cc1)C1CCN(C(=O)C(CC(C)C)NC(=O)OC(C)(C)C)CC1. The molecule has 1 saturated heterocycles. The van der Waals surface area contributed by atoms with Gasteiger partial charge in [-0.05, 0) is 95.9 Å². The van der Waals surface area contributed by atoms with E-state index in [1.807, 2.05) is 25.7 Å². The van der Waals surface area contributed by atoms with Crippen molar-refractivity contribution in [2.75, 3.05) is 24.5 Å². The molecule has 1 fully saturated rings. The minimum Gasteiger partial charge on any atom is -0.444 e. The smallest absolute Gasteiger partial charge is 0.408 e. The molecular weight excluding hydrogens is 510 g/mol. The fourth-order valence-corrected chi connectivity index (χ4v) is 5.29. The van der Waals surface area contributed by atoms with E-state index in [1.165, 1.54) is 22.4 Å². The normalized spacial score (nSPS) is 14.9. The number of hydrogen-bond donors (Lipinski definition) is 1. The number of nitrogens with zero attached hydrogens (tertiary/aromatic N) is 2. The van der Waals surface area contributed by atoms with Gasteiger partial charge >= 0.3 is 6.09 Å². The topological polar surface area (TPSA) is 61.9 Å². The van der Waals surface area contributed by atoms with Crippen LogP contribution in [0.3, 0.4) is 0 Å². The third-order valence-corrected chi connectivity index (χ3v) is 7.42. The number of benzene rings is 2. The molecule has 41 heavy (non-hydrogen) atoms. The van der Waals surface area contributed by atoms with Crippen LogP contribution in [0.2, 0.25) is 0 Å². The van der Waals surface area contributed by atoms with Crippen molar-refractivity contribution in [3.63, 3.8) is 0 Å². The molecule has 1 atom stereocenters. The zero-order valence-electron chi connectivity index (χ0n) is 26.3. The van der Waals surface area contributed by atoms with E-state index in [4.69, 9.17) is 4.74 Å². The number of amides is 2. The number of anilines is 1. The highest BCUT2D eigenvalue weighted by atomic mass is 16.6. The third kappa shape index (κ3) is 10.9. The highest BCUT2D eigenvalue weighted by Crippen LogP contribution is 2.26. The maximum atomic E-state index is 13.5. The molecule has 0 spiro atoms. The Hall–Kier alpha value is -3.28. The van der Waals surface area contributed by atoms with Crippen molar-refractivity contribution in [3.8, 4) is 0 Å². The molecule has 0 aromatic heterocycles. The number of piperidine rings is 1. The van der Waals surface area contributed by atoms with Gasteiger partial charge in [-0.2, -0.15) is 0 Å². The Balaban J connectivity index is 1.65. The molecule has 2 aromatic rings. The average Bonchev–Trinajstić information content (AvgIpc) is 2.91. The van der Waals surface area contributed by atoms with E-state index >= 15 is 0 Å². The summed E-state index contributed by atoms with van der Waals surface area (Å²) in [6.45, 7) is 16.1. The molecule has 2 aromatic carbocycles. The summed E-state index contributed by atoms with van der Waals surface area (Å²) in [4.78, 5) is 30.4. The lowest BCUT2D eigenvalue weighted by Gasteiger charge is -2.40. The summed E-state index contributed by atoms with van der Waals surface area (Å²) in [5, 5.41) is 2.85. The zero-order valence-corrected chi connectivity index (χ0v) is 26.3. The number of carbonyl (C=O) groups is 2. The van der Waals surface area contributed by atoms with Gasteiger partial charge in [-0.3, -0.25) is 4.79 Å². The van der Waals surface area contributed by atoms with Crippen LogP contribution in [0.1, 0.15) is 78.9 Å². The van der Waals surface area contributed by atoms with E-state index < -0.39 is 17.7 Å². The summed E-state index contributed by atoms with van der Waals surface area (Å²) in [5.74, 6) is 0.258. The molecule has 1 heterocycles. The van der Waals surface area contributed by atoms with Gasteiger partial charge in [0.1, 0.15) is 11.6 Å². The molecule has 2 amide bonds. The van der Waals surface area contributed by atoms with Gasteiger partial charge in [-0.15, -0.1) is 0 Å². The largest absolute Gasteiger partial charge is 0.444 e. The fourth-order valence-electron chi connectivity index (χ4n) is 5.29. The minimum atomic E-state index is -0.608. The summed E-state index contributed by atoms with van der Waals surface area (Å²) < 4.78 is 5.44. The predicted molar refractivity (Wildman–Crippen MR) is 169 cm³/mol. The Morgan fingerprint density at radius 1 is 0.976 bits per heavy atom. The second-order valence-corrected chi connectivity index (χ2v) is 13.0. The van der Waals surface area contributed by atoms with Gasteiger partial charge in [0.05, 0.1) is 0 Å². The molecule has 6 heteroatoms. The Kier molecular flexibility index (Phi) is 11.9. The molecule has 1 N–H and O–H groups in total. The number of hydrogen-bond acceptors (Lipinski definition) is 4. The number of rotatable bonds is 11. The quantitative estimate of drug-likeness (QED) is 0.295. The maximum absolute atomic E-state index is 13.5. The molecule has 1 aliphatic heterocycles. The standard InChI is InChI=1S/C35H51N3O3/c1-26(2)19-24-38(30-17-15-29(16-18-30)14-13-28-11-9-8-10-12-28)31-20-22-37(23-21-31)33(39)32(25-27(3)4)36-34(40)41-35(5,6)7/h8-12,15-19,27,31-32H,13-14,20-25H2,1-7H3,(H,36,40). The molecule has 0 radical (unpaired) electrons. The minimum absolute atomic E-state index is 0.0124. The van der Waals surface area contributed by atoms with Crippen LogP contribution >= 0.6 is 0 Å². The van der Waals surface area contributed by atoms with Crippen LogP contribution in [0, 0.1) is 5.92 Å². The van der Waals surface area contributed by atoms with Gasteiger partial charge in [0, 0.05) is 31.4 Å². The van der Waals surface area contributed by atoms with Crippen molar-refractivity contribution in [3.05, 3.63) is 77.4 Å². The Labute approximate surface area is 248 Å². The van der Waals surface area contributed by atoms with Crippen molar-refractivity contribution < 1.29 is 14.3 Å². The van der Waals surface area contributed by atoms with Crippen molar-refractivity contribution >= 4 is 17.7 Å². The van der Waals surface area contributed by atoms with Crippen molar-refractivity contribution in [2.45, 2.75) is 98.3 Å². The zero-order chi connectivity index (χ0) is 30.0. The van der Waals surface area contributed by atoms with E-state index in [0.717, 1.165) is 32.2 Å². The first-order valence-corrected chi connectivity index (χ1v) is 15.2. The summed E-state index contributed by atoms with van der Waals surface area (Å²) >= 11 is 0. The van der Waals surface area contributed by atoms with Gasteiger partial charge in [0.25, 0.3) is 0 Å². The second kappa shape index (κ2) is 15.1. The van der Waals surface area contributed by atoms with Crippen LogP contribution in [0.25, 0.3) is 0 Å². The first kappa shape index (κ1) is 32.2. The maximum Gasteiger partial charge on any atom is 0.408 e.